The Morgan fingerprint density at radius 2 is 1.96 bits per heavy atom. The standard InChI is InChI=1S/C17H26N2O4S/c1-5-7-13-12(6-2)8-14(24-13)16(21)23-10-15(20)19-17(22)18-9-11(3)4/h8,11H,5-7,9-10H2,1-4H3,(H2,18,19,20,22). The molecule has 2 N–H and O–H groups in total. The molecule has 0 aliphatic carbocycles. The van der Waals surface area contributed by atoms with Crippen LogP contribution in [0.1, 0.15) is 54.2 Å². The van der Waals surface area contributed by atoms with E-state index in [1.807, 2.05) is 26.8 Å². The van der Waals surface area contributed by atoms with Crippen molar-refractivity contribution in [3.05, 3.63) is 21.4 Å². The quantitative estimate of drug-likeness (QED) is 0.703. The van der Waals surface area contributed by atoms with E-state index in [-0.39, 0.29) is 5.92 Å². The smallest absolute Gasteiger partial charge is 0.348 e. The molecule has 6 nitrogen and oxygen atoms in total. The molecular weight excluding hydrogens is 328 g/mol. The van der Waals surface area contributed by atoms with E-state index in [9.17, 15) is 14.4 Å². The van der Waals surface area contributed by atoms with Crippen molar-refractivity contribution in [2.24, 2.45) is 5.92 Å². The maximum absolute atomic E-state index is 12.0. The van der Waals surface area contributed by atoms with Gasteiger partial charge >= 0.3 is 12.0 Å². The van der Waals surface area contributed by atoms with E-state index in [4.69, 9.17) is 4.74 Å². The number of imide groups is 1. The zero-order chi connectivity index (χ0) is 18.1. The second-order valence-corrected chi connectivity index (χ2v) is 7.03. The maximum Gasteiger partial charge on any atom is 0.348 e. The Bertz CT molecular complexity index is 581. The van der Waals surface area contributed by atoms with Gasteiger partial charge < -0.3 is 10.1 Å². The fourth-order valence-electron chi connectivity index (χ4n) is 2.01. The molecule has 0 aliphatic heterocycles. The van der Waals surface area contributed by atoms with Gasteiger partial charge in [0.15, 0.2) is 6.61 Å². The van der Waals surface area contributed by atoms with Crippen molar-refractivity contribution in [1.29, 1.82) is 0 Å². The van der Waals surface area contributed by atoms with Crippen LogP contribution in [0, 0.1) is 5.92 Å². The number of urea groups is 1. The van der Waals surface area contributed by atoms with Crippen LogP contribution >= 0.6 is 11.3 Å². The normalized spacial score (nSPS) is 10.5. The predicted molar refractivity (Wildman–Crippen MR) is 94.4 cm³/mol. The summed E-state index contributed by atoms with van der Waals surface area (Å²) in [6, 6.07) is 1.24. The Morgan fingerprint density at radius 3 is 2.54 bits per heavy atom. The summed E-state index contributed by atoms with van der Waals surface area (Å²) in [5.74, 6) is -0.895. The Labute approximate surface area is 147 Å². The molecule has 1 aromatic rings. The Morgan fingerprint density at radius 1 is 1.25 bits per heavy atom. The Kier molecular flexibility index (Phi) is 8.46. The number of aryl methyl sites for hydroxylation is 2. The molecule has 24 heavy (non-hydrogen) atoms. The van der Waals surface area contributed by atoms with Gasteiger partial charge in [-0.05, 0) is 30.4 Å². The Balaban J connectivity index is 2.48. The molecule has 7 heteroatoms. The summed E-state index contributed by atoms with van der Waals surface area (Å²) < 4.78 is 4.99. The largest absolute Gasteiger partial charge is 0.451 e. The molecule has 0 atom stereocenters. The van der Waals surface area contributed by atoms with Gasteiger partial charge in [-0.15, -0.1) is 11.3 Å². The molecule has 0 aliphatic rings. The van der Waals surface area contributed by atoms with E-state index in [2.05, 4.69) is 17.6 Å². The summed E-state index contributed by atoms with van der Waals surface area (Å²) in [6.45, 7) is 8.01. The van der Waals surface area contributed by atoms with Crippen LogP contribution in [0.3, 0.4) is 0 Å². The van der Waals surface area contributed by atoms with Gasteiger partial charge in [0.05, 0.1) is 0 Å². The number of rotatable bonds is 8. The summed E-state index contributed by atoms with van der Waals surface area (Å²) in [7, 11) is 0. The lowest BCUT2D eigenvalue weighted by molar-refractivity contribution is -0.123. The molecule has 0 aromatic carbocycles. The van der Waals surface area contributed by atoms with Crippen LogP contribution in [-0.4, -0.2) is 31.1 Å². The third-order valence-electron chi connectivity index (χ3n) is 3.21. The van der Waals surface area contributed by atoms with Crippen molar-refractivity contribution in [3.63, 3.8) is 0 Å². The van der Waals surface area contributed by atoms with Crippen molar-refractivity contribution in [2.45, 2.75) is 47.0 Å². The van der Waals surface area contributed by atoms with E-state index >= 15 is 0 Å². The number of esters is 1. The van der Waals surface area contributed by atoms with Gasteiger partial charge in [0, 0.05) is 11.4 Å². The molecule has 1 rings (SSSR count). The average Bonchev–Trinajstić information content (AvgIpc) is 2.94. The molecule has 0 fully saturated rings. The SMILES string of the molecule is CCCc1sc(C(=O)OCC(=O)NC(=O)NCC(C)C)cc1CC. The van der Waals surface area contributed by atoms with E-state index in [0.29, 0.717) is 11.4 Å². The highest BCUT2D eigenvalue weighted by atomic mass is 32.1. The number of ether oxygens (including phenoxy) is 1. The first-order valence-electron chi connectivity index (χ1n) is 8.23. The van der Waals surface area contributed by atoms with Crippen molar-refractivity contribution in [2.75, 3.05) is 13.2 Å². The van der Waals surface area contributed by atoms with Crippen LogP contribution in [0.4, 0.5) is 4.79 Å². The van der Waals surface area contributed by atoms with Crippen molar-refractivity contribution >= 4 is 29.2 Å². The van der Waals surface area contributed by atoms with Crippen molar-refractivity contribution < 1.29 is 19.1 Å². The van der Waals surface area contributed by atoms with Gasteiger partial charge in [0.25, 0.3) is 5.91 Å². The molecule has 134 valence electrons. The molecule has 3 amide bonds. The highest BCUT2D eigenvalue weighted by Gasteiger charge is 2.16. The van der Waals surface area contributed by atoms with Crippen LogP contribution in [0.15, 0.2) is 6.07 Å². The number of thiophene rings is 1. The minimum atomic E-state index is -0.648. The second-order valence-electron chi connectivity index (χ2n) is 5.89. The summed E-state index contributed by atoms with van der Waals surface area (Å²) in [5, 5.41) is 4.68. The van der Waals surface area contributed by atoms with E-state index < -0.39 is 24.5 Å². The third-order valence-corrected chi connectivity index (χ3v) is 4.43. The van der Waals surface area contributed by atoms with Crippen LogP contribution in [0.5, 0.6) is 0 Å². The topological polar surface area (TPSA) is 84.5 Å². The lowest BCUT2D eigenvalue weighted by atomic mass is 10.1. The van der Waals surface area contributed by atoms with Crippen molar-refractivity contribution in [3.8, 4) is 0 Å². The lowest BCUT2D eigenvalue weighted by Gasteiger charge is -2.08. The first-order valence-corrected chi connectivity index (χ1v) is 9.05. The first-order chi connectivity index (χ1) is 11.4. The summed E-state index contributed by atoms with van der Waals surface area (Å²) in [4.78, 5) is 36.8. The predicted octanol–water partition coefficient (Wildman–Crippen LogP) is 2.90. The molecule has 0 radical (unpaired) electrons. The molecule has 0 unspecified atom stereocenters. The van der Waals surface area contributed by atoms with Gasteiger partial charge in [-0.1, -0.05) is 34.1 Å². The van der Waals surface area contributed by atoms with Gasteiger partial charge in [-0.25, -0.2) is 9.59 Å². The second kappa shape index (κ2) is 10.1. The van der Waals surface area contributed by atoms with Gasteiger partial charge in [0.1, 0.15) is 4.88 Å². The highest BCUT2D eigenvalue weighted by molar-refractivity contribution is 7.14. The molecule has 0 bridgehead atoms. The zero-order valence-electron chi connectivity index (χ0n) is 14.7. The van der Waals surface area contributed by atoms with Gasteiger partial charge in [0.2, 0.25) is 0 Å². The van der Waals surface area contributed by atoms with Gasteiger partial charge in [-0.2, -0.15) is 0 Å². The number of carbonyl (C=O) groups excluding carboxylic acids is 3. The maximum atomic E-state index is 12.0. The number of hydrogen-bond acceptors (Lipinski definition) is 5. The van der Waals surface area contributed by atoms with E-state index in [0.717, 1.165) is 24.8 Å². The molecule has 0 saturated heterocycles. The molecule has 1 heterocycles. The number of amides is 3. The average molecular weight is 354 g/mol. The molecule has 1 aromatic heterocycles. The van der Waals surface area contributed by atoms with Crippen LogP contribution < -0.4 is 10.6 Å². The van der Waals surface area contributed by atoms with E-state index in [1.165, 1.54) is 16.2 Å². The number of nitrogens with one attached hydrogen (secondary N) is 2. The monoisotopic (exact) mass is 354 g/mol. The van der Waals surface area contributed by atoms with Crippen molar-refractivity contribution in [1.82, 2.24) is 10.6 Å². The van der Waals surface area contributed by atoms with Crippen LogP contribution in [0.2, 0.25) is 0 Å². The number of hydrogen-bond donors (Lipinski definition) is 2. The lowest BCUT2D eigenvalue weighted by Crippen LogP contribution is -2.42. The van der Waals surface area contributed by atoms with Crippen LogP contribution in [0.25, 0.3) is 0 Å². The fraction of sp³-hybridized carbons (Fsp3) is 0.588. The van der Waals surface area contributed by atoms with Crippen LogP contribution in [-0.2, 0) is 22.4 Å². The zero-order valence-corrected chi connectivity index (χ0v) is 15.5. The molecule has 0 saturated carbocycles. The third kappa shape index (κ3) is 6.70. The molecule has 0 spiro atoms. The number of carbonyl (C=O) groups is 3. The fourth-order valence-corrected chi connectivity index (χ4v) is 3.26. The minimum absolute atomic E-state index is 0.285. The minimum Gasteiger partial charge on any atom is -0.451 e. The first kappa shape index (κ1) is 20.2. The highest BCUT2D eigenvalue weighted by Crippen LogP contribution is 2.25. The van der Waals surface area contributed by atoms with E-state index in [1.54, 1.807) is 0 Å². The van der Waals surface area contributed by atoms with Gasteiger partial charge in [-0.3, -0.25) is 10.1 Å². The summed E-state index contributed by atoms with van der Waals surface area (Å²) in [5.41, 5.74) is 1.14. The summed E-state index contributed by atoms with van der Waals surface area (Å²) >= 11 is 1.41. The molecular formula is C17H26N2O4S. The Hall–Kier alpha value is -1.89. The summed E-state index contributed by atoms with van der Waals surface area (Å²) in [6.07, 6.45) is 2.79.